The molecule has 92 valence electrons. The van der Waals surface area contributed by atoms with Crippen LogP contribution in [-0.2, 0) is 4.79 Å². The third-order valence-electron chi connectivity index (χ3n) is 2.13. The molecule has 18 heavy (non-hydrogen) atoms. The van der Waals surface area contributed by atoms with E-state index in [1.807, 2.05) is 0 Å². The van der Waals surface area contributed by atoms with Crippen LogP contribution in [0.2, 0.25) is 0 Å². The zero-order chi connectivity index (χ0) is 13.1. The molecular formula is C11H8N2O4S. The number of hydrogen-bond donors (Lipinski definition) is 1. The summed E-state index contributed by atoms with van der Waals surface area (Å²) in [4.78, 5) is 21.9. The molecule has 2 rings (SSSR count). The Hall–Kier alpha value is -2.41. The number of thiophene rings is 1. The monoisotopic (exact) mass is 264 g/mol. The average molecular weight is 264 g/mol. The zero-order valence-electron chi connectivity index (χ0n) is 9.03. The SMILES string of the molecule is NC(=O)/C(=C\c1ccc([N+](=O)[O-])s1)c1ccco1. The Labute approximate surface area is 105 Å². The smallest absolute Gasteiger partial charge is 0.324 e. The second kappa shape index (κ2) is 4.84. The molecular weight excluding hydrogens is 256 g/mol. The maximum atomic E-state index is 11.3. The van der Waals surface area contributed by atoms with Crippen LogP contribution in [-0.4, -0.2) is 10.8 Å². The van der Waals surface area contributed by atoms with Gasteiger partial charge in [-0.05, 0) is 24.3 Å². The number of carbonyl (C=O) groups is 1. The van der Waals surface area contributed by atoms with Crippen LogP contribution in [0, 0.1) is 10.1 Å². The number of primary amides is 1. The Kier molecular flexibility index (Phi) is 3.24. The molecule has 2 aromatic heterocycles. The summed E-state index contributed by atoms with van der Waals surface area (Å²) in [5.41, 5.74) is 5.42. The van der Waals surface area contributed by atoms with Crippen molar-refractivity contribution in [2.24, 2.45) is 5.73 Å². The molecule has 2 aromatic rings. The third-order valence-corrected chi connectivity index (χ3v) is 3.12. The highest BCUT2D eigenvalue weighted by atomic mass is 32.1. The molecule has 0 aliphatic rings. The van der Waals surface area contributed by atoms with Crippen molar-refractivity contribution >= 4 is 33.9 Å². The van der Waals surface area contributed by atoms with Crippen LogP contribution < -0.4 is 5.73 Å². The van der Waals surface area contributed by atoms with Crippen LogP contribution in [0.1, 0.15) is 10.6 Å². The first kappa shape index (κ1) is 12.1. The quantitative estimate of drug-likeness (QED) is 0.520. The van der Waals surface area contributed by atoms with E-state index in [0.717, 1.165) is 11.3 Å². The summed E-state index contributed by atoms with van der Waals surface area (Å²) in [5.74, 6) is -0.320. The summed E-state index contributed by atoms with van der Waals surface area (Å²) in [7, 11) is 0. The van der Waals surface area contributed by atoms with E-state index in [0.29, 0.717) is 10.6 Å². The normalized spacial score (nSPS) is 11.4. The number of nitrogens with two attached hydrogens (primary N) is 1. The van der Waals surface area contributed by atoms with Gasteiger partial charge in [-0.1, -0.05) is 11.3 Å². The average Bonchev–Trinajstić information content (AvgIpc) is 2.96. The summed E-state index contributed by atoms with van der Waals surface area (Å²) in [5, 5.41) is 10.6. The predicted octanol–water partition coefficient (Wildman–Crippen LogP) is 2.28. The van der Waals surface area contributed by atoms with Crippen molar-refractivity contribution in [3.05, 3.63) is 51.3 Å². The minimum absolute atomic E-state index is 0.00418. The molecule has 0 saturated heterocycles. The first-order valence-electron chi connectivity index (χ1n) is 4.87. The first-order chi connectivity index (χ1) is 8.58. The molecule has 0 unspecified atom stereocenters. The van der Waals surface area contributed by atoms with Crippen LogP contribution in [0.4, 0.5) is 5.00 Å². The maximum absolute atomic E-state index is 11.3. The molecule has 2 heterocycles. The highest BCUT2D eigenvalue weighted by Crippen LogP contribution is 2.28. The fraction of sp³-hybridized carbons (Fsp3) is 0. The Balaban J connectivity index is 2.39. The molecule has 0 bridgehead atoms. The second-order valence-electron chi connectivity index (χ2n) is 3.33. The molecule has 2 N–H and O–H groups in total. The molecule has 0 atom stereocenters. The van der Waals surface area contributed by atoms with Crippen molar-refractivity contribution < 1.29 is 14.1 Å². The van der Waals surface area contributed by atoms with E-state index in [4.69, 9.17) is 10.2 Å². The van der Waals surface area contributed by atoms with E-state index < -0.39 is 10.8 Å². The third kappa shape index (κ3) is 2.46. The fourth-order valence-corrected chi connectivity index (χ4v) is 2.12. The molecule has 0 spiro atoms. The topological polar surface area (TPSA) is 99.4 Å². The van der Waals surface area contributed by atoms with Crippen molar-refractivity contribution in [2.75, 3.05) is 0 Å². The van der Waals surface area contributed by atoms with Gasteiger partial charge in [-0.2, -0.15) is 0 Å². The van der Waals surface area contributed by atoms with E-state index >= 15 is 0 Å². The van der Waals surface area contributed by atoms with Crippen LogP contribution in [0.3, 0.4) is 0 Å². The molecule has 0 aliphatic heterocycles. The lowest BCUT2D eigenvalue weighted by Crippen LogP contribution is -2.12. The van der Waals surface area contributed by atoms with Crippen LogP contribution in [0.15, 0.2) is 34.9 Å². The van der Waals surface area contributed by atoms with Gasteiger partial charge in [-0.3, -0.25) is 14.9 Å². The summed E-state index contributed by atoms with van der Waals surface area (Å²) >= 11 is 0.959. The molecule has 0 aliphatic carbocycles. The number of carbonyl (C=O) groups excluding carboxylic acids is 1. The van der Waals surface area contributed by atoms with Gasteiger partial charge in [0.25, 0.3) is 5.91 Å². The lowest BCUT2D eigenvalue weighted by Gasteiger charge is -1.97. The molecule has 7 heteroatoms. The van der Waals surface area contributed by atoms with Gasteiger partial charge in [-0.15, -0.1) is 0 Å². The second-order valence-corrected chi connectivity index (χ2v) is 4.43. The Morgan fingerprint density at radius 1 is 1.44 bits per heavy atom. The number of amides is 1. The van der Waals surface area contributed by atoms with Gasteiger partial charge in [0.15, 0.2) is 0 Å². The van der Waals surface area contributed by atoms with Crippen molar-refractivity contribution in [3.63, 3.8) is 0 Å². The number of rotatable bonds is 4. The van der Waals surface area contributed by atoms with Crippen molar-refractivity contribution in [1.29, 1.82) is 0 Å². The highest BCUT2D eigenvalue weighted by molar-refractivity contribution is 7.16. The fourth-order valence-electron chi connectivity index (χ4n) is 1.36. The standard InChI is InChI=1S/C11H8N2O4S/c12-11(14)8(9-2-1-5-17-9)6-7-3-4-10(18-7)13(15)16/h1-6H,(H2,12,14)/b8-6-. The summed E-state index contributed by atoms with van der Waals surface area (Å²) in [6.07, 6.45) is 2.89. The molecule has 6 nitrogen and oxygen atoms in total. The van der Waals surface area contributed by atoms with Gasteiger partial charge < -0.3 is 10.2 Å². The number of furan rings is 1. The van der Waals surface area contributed by atoms with E-state index in [1.54, 1.807) is 18.2 Å². The van der Waals surface area contributed by atoms with Gasteiger partial charge in [0.1, 0.15) is 5.76 Å². The summed E-state index contributed by atoms with van der Waals surface area (Å²) < 4.78 is 5.09. The highest BCUT2D eigenvalue weighted by Gasteiger charge is 2.14. The number of nitrogens with zero attached hydrogens (tertiary/aromatic N) is 1. The molecule has 0 fully saturated rings. The largest absolute Gasteiger partial charge is 0.464 e. The van der Waals surface area contributed by atoms with Crippen LogP contribution in [0.25, 0.3) is 11.6 Å². The van der Waals surface area contributed by atoms with E-state index in [-0.39, 0.29) is 10.6 Å². The van der Waals surface area contributed by atoms with Crippen LogP contribution in [0.5, 0.6) is 0 Å². The lowest BCUT2D eigenvalue weighted by molar-refractivity contribution is -0.380. The van der Waals surface area contributed by atoms with E-state index in [2.05, 4.69) is 0 Å². The Bertz CT molecular complexity index is 613. The molecule has 0 aromatic carbocycles. The summed E-state index contributed by atoms with van der Waals surface area (Å²) in [6, 6.07) is 6.15. The van der Waals surface area contributed by atoms with Crippen LogP contribution >= 0.6 is 11.3 Å². The van der Waals surface area contributed by atoms with E-state index in [1.165, 1.54) is 18.4 Å². The first-order valence-corrected chi connectivity index (χ1v) is 5.69. The van der Waals surface area contributed by atoms with Gasteiger partial charge in [0.05, 0.1) is 16.8 Å². The number of hydrogen-bond acceptors (Lipinski definition) is 5. The zero-order valence-corrected chi connectivity index (χ0v) is 9.85. The van der Waals surface area contributed by atoms with E-state index in [9.17, 15) is 14.9 Å². The maximum Gasteiger partial charge on any atom is 0.324 e. The van der Waals surface area contributed by atoms with Gasteiger partial charge in [0, 0.05) is 10.9 Å². The van der Waals surface area contributed by atoms with Crippen molar-refractivity contribution in [1.82, 2.24) is 0 Å². The van der Waals surface area contributed by atoms with Gasteiger partial charge in [-0.25, -0.2) is 0 Å². The predicted molar refractivity (Wildman–Crippen MR) is 66.7 cm³/mol. The Morgan fingerprint density at radius 3 is 2.72 bits per heavy atom. The summed E-state index contributed by atoms with van der Waals surface area (Å²) in [6.45, 7) is 0. The van der Waals surface area contributed by atoms with Crippen molar-refractivity contribution in [3.8, 4) is 0 Å². The lowest BCUT2D eigenvalue weighted by atomic mass is 10.1. The molecule has 0 radical (unpaired) electrons. The number of nitro groups is 1. The molecule has 0 saturated carbocycles. The van der Waals surface area contributed by atoms with Crippen molar-refractivity contribution in [2.45, 2.75) is 0 Å². The molecule has 1 amide bonds. The van der Waals surface area contributed by atoms with Gasteiger partial charge >= 0.3 is 5.00 Å². The Morgan fingerprint density at radius 2 is 2.22 bits per heavy atom. The van der Waals surface area contributed by atoms with Gasteiger partial charge in [0.2, 0.25) is 0 Å². The minimum Gasteiger partial charge on any atom is -0.464 e. The minimum atomic E-state index is -0.652.